The van der Waals surface area contributed by atoms with Gasteiger partial charge in [-0.05, 0) is 51.4 Å². The minimum absolute atomic E-state index is 0.0542. The van der Waals surface area contributed by atoms with Crippen molar-refractivity contribution < 1.29 is 14.1 Å². The van der Waals surface area contributed by atoms with Gasteiger partial charge < -0.3 is 9.42 Å². The average Bonchev–Trinajstić information content (AvgIpc) is 3.50. The van der Waals surface area contributed by atoms with Crippen molar-refractivity contribution in [2.45, 2.75) is 71.1 Å². The van der Waals surface area contributed by atoms with E-state index in [1.165, 1.54) is 12.8 Å². The lowest BCUT2D eigenvalue weighted by Crippen LogP contribution is -2.41. The normalized spacial score (nSPS) is 21.1. The predicted molar refractivity (Wildman–Crippen MR) is 119 cm³/mol. The highest BCUT2D eigenvalue weighted by Crippen LogP contribution is 2.36. The number of rotatable bonds is 6. The number of carbonyl (C=O) groups is 2. The molecule has 8 nitrogen and oxygen atoms in total. The summed E-state index contributed by atoms with van der Waals surface area (Å²) in [5, 5.41) is 3.99. The van der Waals surface area contributed by atoms with Crippen LogP contribution >= 0.6 is 0 Å². The van der Waals surface area contributed by atoms with E-state index in [0.29, 0.717) is 37.5 Å². The van der Waals surface area contributed by atoms with Crippen molar-refractivity contribution in [2.24, 2.45) is 5.92 Å². The van der Waals surface area contributed by atoms with Crippen LogP contribution in [0.3, 0.4) is 0 Å². The highest BCUT2D eigenvalue weighted by atomic mass is 16.5. The third-order valence-electron chi connectivity index (χ3n) is 6.84. The number of hydrogen-bond acceptors (Lipinski definition) is 6. The minimum atomic E-state index is -0.0963. The summed E-state index contributed by atoms with van der Waals surface area (Å²) in [6, 6.07) is 1.76. The van der Waals surface area contributed by atoms with E-state index in [-0.39, 0.29) is 17.7 Å². The molecule has 1 unspecified atom stereocenters. The molecule has 1 saturated heterocycles. The van der Waals surface area contributed by atoms with Crippen LogP contribution in [0.15, 0.2) is 10.6 Å². The van der Waals surface area contributed by atoms with Crippen LogP contribution in [0.2, 0.25) is 0 Å². The average molecular weight is 438 g/mol. The Bertz CT molecular complexity index is 1030. The van der Waals surface area contributed by atoms with Gasteiger partial charge in [-0.2, -0.15) is 0 Å². The predicted octanol–water partition coefficient (Wildman–Crippen LogP) is 3.43. The topological polar surface area (TPSA) is 92.4 Å². The maximum absolute atomic E-state index is 13.0. The third kappa shape index (κ3) is 4.14. The summed E-state index contributed by atoms with van der Waals surface area (Å²) in [6.45, 7) is 6.11. The third-order valence-corrected chi connectivity index (χ3v) is 6.84. The second-order valence-electron chi connectivity index (χ2n) is 9.44. The molecule has 0 N–H and O–H groups in total. The number of fused-ring (bicyclic) bond motifs is 1. The van der Waals surface area contributed by atoms with Gasteiger partial charge >= 0.3 is 0 Å². The summed E-state index contributed by atoms with van der Waals surface area (Å²) in [7, 11) is 0. The van der Waals surface area contributed by atoms with Gasteiger partial charge in [0.2, 0.25) is 5.91 Å². The van der Waals surface area contributed by atoms with Gasteiger partial charge in [0, 0.05) is 55.7 Å². The smallest absolute Gasteiger partial charge is 0.276 e. The minimum Gasteiger partial charge on any atom is -0.361 e. The summed E-state index contributed by atoms with van der Waals surface area (Å²) in [5.41, 5.74) is 2.43. The van der Waals surface area contributed by atoms with Crippen LogP contribution in [0, 0.1) is 12.8 Å². The summed E-state index contributed by atoms with van der Waals surface area (Å²) >= 11 is 0. The molecule has 3 aliphatic rings. The zero-order chi connectivity index (χ0) is 22.2. The SMILES string of the molecule is CCCc1cc(C(=O)N2CCCC(c3nc(C)c4c(n3)N(CC3CC3)C(=O)CC4)C2)no1. The molecule has 32 heavy (non-hydrogen) atoms. The van der Waals surface area contributed by atoms with Gasteiger partial charge in [-0.15, -0.1) is 0 Å². The monoisotopic (exact) mass is 437 g/mol. The molecule has 2 amide bonds. The summed E-state index contributed by atoms with van der Waals surface area (Å²) in [5.74, 6) is 3.04. The van der Waals surface area contributed by atoms with Gasteiger partial charge in [0.1, 0.15) is 17.4 Å². The first-order chi connectivity index (χ1) is 15.5. The second-order valence-corrected chi connectivity index (χ2v) is 9.44. The van der Waals surface area contributed by atoms with Crippen LogP contribution in [0.5, 0.6) is 0 Å². The maximum atomic E-state index is 13.0. The van der Waals surface area contributed by atoms with Gasteiger partial charge in [-0.1, -0.05) is 12.1 Å². The van der Waals surface area contributed by atoms with Crippen LogP contribution in [-0.2, 0) is 17.6 Å². The maximum Gasteiger partial charge on any atom is 0.276 e. The van der Waals surface area contributed by atoms with Crippen molar-refractivity contribution >= 4 is 17.6 Å². The molecule has 2 aliphatic heterocycles. The van der Waals surface area contributed by atoms with Crippen molar-refractivity contribution in [1.82, 2.24) is 20.0 Å². The Hall–Kier alpha value is -2.77. The number of hydrogen-bond donors (Lipinski definition) is 0. The fourth-order valence-corrected chi connectivity index (χ4v) is 4.84. The fraction of sp³-hybridized carbons (Fsp3) is 0.625. The molecule has 2 fully saturated rings. The molecule has 0 spiro atoms. The molecule has 170 valence electrons. The van der Waals surface area contributed by atoms with E-state index >= 15 is 0 Å². The van der Waals surface area contributed by atoms with Gasteiger partial charge in [-0.25, -0.2) is 9.97 Å². The Kier molecular flexibility index (Phi) is 5.69. The Labute approximate surface area is 188 Å². The molecule has 4 heterocycles. The van der Waals surface area contributed by atoms with Crippen molar-refractivity contribution in [3.05, 3.63) is 34.6 Å². The van der Waals surface area contributed by atoms with E-state index in [2.05, 4.69) is 12.1 Å². The molecule has 0 aromatic carbocycles. The van der Waals surface area contributed by atoms with Crippen LogP contribution in [-0.4, -0.2) is 51.5 Å². The molecule has 0 radical (unpaired) electrons. The molecule has 2 aromatic heterocycles. The number of amides is 2. The van der Waals surface area contributed by atoms with Crippen LogP contribution < -0.4 is 4.90 Å². The summed E-state index contributed by atoms with van der Waals surface area (Å²) < 4.78 is 5.31. The van der Waals surface area contributed by atoms with Crippen molar-refractivity contribution in [1.29, 1.82) is 0 Å². The molecule has 1 atom stereocenters. The van der Waals surface area contributed by atoms with Crippen molar-refractivity contribution in [2.75, 3.05) is 24.5 Å². The lowest BCUT2D eigenvalue weighted by molar-refractivity contribution is -0.119. The molecule has 1 aliphatic carbocycles. The standard InChI is InChI=1S/C24H31N5O3/c1-3-5-18-12-20(27-32-18)24(31)28-11-4-6-17(14-28)22-25-15(2)19-9-10-21(30)29(23(19)26-22)13-16-7-8-16/h12,16-17H,3-11,13-14H2,1-2H3. The van der Waals surface area contributed by atoms with E-state index in [4.69, 9.17) is 14.5 Å². The van der Waals surface area contributed by atoms with E-state index in [1.54, 1.807) is 6.07 Å². The summed E-state index contributed by atoms with van der Waals surface area (Å²) in [6.07, 6.45) is 7.18. The number of nitrogens with zero attached hydrogens (tertiary/aromatic N) is 5. The Morgan fingerprint density at radius 2 is 2.06 bits per heavy atom. The molecule has 0 bridgehead atoms. The van der Waals surface area contributed by atoms with E-state index in [1.807, 2.05) is 16.7 Å². The zero-order valence-electron chi connectivity index (χ0n) is 19.0. The number of anilines is 1. The van der Waals surface area contributed by atoms with Crippen LogP contribution in [0.25, 0.3) is 0 Å². The largest absolute Gasteiger partial charge is 0.361 e. The molecule has 1 saturated carbocycles. The van der Waals surface area contributed by atoms with Gasteiger partial charge in [0.25, 0.3) is 5.91 Å². The van der Waals surface area contributed by atoms with Crippen molar-refractivity contribution in [3.63, 3.8) is 0 Å². The van der Waals surface area contributed by atoms with Crippen LogP contribution in [0.1, 0.15) is 84.7 Å². The highest BCUT2D eigenvalue weighted by molar-refractivity contribution is 5.95. The first kappa shape index (κ1) is 21.1. The first-order valence-electron chi connectivity index (χ1n) is 12.0. The Balaban J connectivity index is 1.37. The molecular weight excluding hydrogens is 406 g/mol. The molecular formula is C24H31N5O3. The van der Waals surface area contributed by atoms with E-state index < -0.39 is 0 Å². The van der Waals surface area contributed by atoms with Crippen molar-refractivity contribution in [3.8, 4) is 0 Å². The number of aromatic nitrogens is 3. The number of carbonyl (C=O) groups excluding carboxylic acids is 2. The highest BCUT2D eigenvalue weighted by Gasteiger charge is 2.35. The van der Waals surface area contributed by atoms with Gasteiger partial charge in [0.15, 0.2) is 5.69 Å². The van der Waals surface area contributed by atoms with Crippen LogP contribution in [0.4, 0.5) is 5.82 Å². The number of piperidine rings is 1. The van der Waals surface area contributed by atoms with Gasteiger partial charge in [0.05, 0.1) is 0 Å². The van der Waals surface area contributed by atoms with Gasteiger partial charge in [-0.3, -0.25) is 14.5 Å². The molecule has 8 heteroatoms. The zero-order valence-corrected chi connectivity index (χ0v) is 19.0. The summed E-state index contributed by atoms with van der Waals surface area (Å²) in [4.78, 5) is 39.2. The number of likely N-dealkylation sites (tertiary alicyclic amines) is 1. The first-order valence-corrected chi connectivity index (χ1v) is 12.0. The Morgan fingerprint density at radius 3 is 2.84 bits per heavy atom. The lowest BCUT2D eigenvalue weighted by atomic mass is 9.95. The lowest BCUT2D eigenvalue weighted by Gasteiger charge is -2.33. The Morgan fingerprint density at radius 1 is 1.22 bits per heavy atom. The van der Waals surface area contributed by atoms with E-state index in [0.717, 1.165) is 60.9 Å². The number of aryl methyl sites for hydroxylation is 2. The quantitative estimate of drug-likeness (QED) is 0.687. The second kappa shape index (κ2) is 8.64. The molecule has 2 aromatic rings. The molecule has 5 rings (SSSR count). The fourth-order valence-electron chi connectivity index (χ4n) is 4.84. The van der Waals surface area contributed by atoms with E-state index in [9.17, 15) is 9.59 Å².